The fraction of sp³-hybridized carbons (Fsp3) is 0.130. The molecule has 0 aliphatic rings. The SMILES string of the molecule is CCn1c2ccccc2c2cc(/C=N\NC(=S)Nc3ccccc3C)ccc21. The second kappa shape index (κ2) is 7.82. The number of fused-ring (bicyclic) bond motifs is 3. The van der Waals surface area contributed by atoms with Crippen LogP contribution >= 0.6 is 12.2 Å². The first-order valence-electron chi connectivity index (χ1n) is 9.34. The fourth-order valence-corrected chi connectivity index (χ4v) is 3.68. The third-order valence-corrected chi connectivity index (χ3v) is 5.08. The Kier molecular flexibility index (Phi) is 5.08. The predicted octanol–water partition coefficient (Wildman–Crippen LogP) is 5.44. The van der Waals surface area contributed by atoms with Gasteiger partial charge >= 0.3 is 0 Å². The van der Waals surface area contributed by atoms with Crippen molar-refractivity contribution in [3.05, 3.63) is 77.9 Å². The third kappa shape index (κ3) is 3.49. The van der Waals surface area contributed by atoms with E-state index >= 15 is 0 Å². The molecule has 0 aliphatic heterocycles. The topological polar surface area (TPSA) is 41.4 Å². The highest BCUT2D eigenvalue weighted by Gasteiger charge is 2.09. The van der Waals surface area contributed by atoms with Gasteiger partial charge in [-0.2, -0.15) is 5.10 Å². The number of rotatable bonds is 4. The van der Waals surface area contributed by atoms with Gasteiger partial charge in [-0.3, -0.25) is 5.43 Å². The summed E-state index contributed by atoms with van der Waals surface area (Å²) in [7, 11) is 0. The summed E-state index contributed by atoms with van der Waals surface area (Å²) >= 11 is 5.33. The van der Waals surface area contributed by atoms with Crippen LogP contribution in [0.15, 0.2) is 71.8 Å². The van der Waals surface area contributed by atoms with Crippen LogP contribution in [0.4, 0.5) is 5.69 Å². The van der Waals surface area contributed by atoms with Crippen LogP contribution in [-0.4, -0.2) is 15.9 Å². The first-order chi connectivity index (χ1) is 13.7. The zero-order chi connectivity index (χ0) is 19.5. The lowest BCUT2D eigenvalue weighted by Crippen LogP contribution is -2.24. The molecule has 4 nitrogen and oxygen atoms in total. The molecule has 0 saturated heterocycles. The summed E-state index contributed by atoms with van der Waals surface area (Å²) in [6.07, 6.45) is 1.79. The lowest BCUT2D eigenvalue weighted by Gasteiger charge is -2.09. The Morgan fingerprint density at radius 1 is 1.00 bits per heavy atom. The largest absolute Gasteiger partial charge is 0.341 e. The normalized spacial score (nSPS) is 11.4. The van der Waals surface area contributed by atoms with Gasteiger partial charge in [0, 0.05) is 34.0 Å². The van der Waals surface area contributed by atoms with Crippen LogP contribution < -0.4 is 10.7 Å². The van der Waals surface area contributed by atoms with E-state index in [4.69, 9.17) is 12.2 Å². The lowest BCUT2D eigenvalue weighted by molar-refractivity contribution is 0.827. The molecular formula is C23H22N4S. The maximum atomic E-state index is 5.33. The molecule has 0 unspecified atom stereocenters. The number of hydrazone groups is 1. The standard InChI is InChI=1S/C23H22N4S/c1-3-27-21-11-7-5-9-18(21)19-14-17(12-13-22(19)27)15-24-26-23(28)25-20-10-6-4-8-16(20)2/h4-15H,3H2,1-2H3,(H2,25,26,28)/b24-15-. The van der Waals surface area contributed by atoms with E-state index in [9.17, 15) is 0 Å². The summed E-state index contributed by atoms with van der Waals surface area (Å²) < 4.78 is 2.34. The number of hydrogen-bond acceptors (Lipinski definition) is 2. The molecule has 5 heteroatoms. The number of nitrogens with zero attached hydrogens (tertiary/aromatic N) is 2. The monoisotopic (exact) mass is 386 g/mol. The fourth-order valence-electron chi connectivity index (χ4n) is 3.52. The van der Waals surface area contributed by atoms with Gasteiger partial charge < -0.3 is 9.88 Å². The van der Waals surface area contributed by atoms with Crippen molar-refractivity contribution in [2.24, 2.45) is 5.10 Å². The van der Waals surface area contributed by atoms with Gasteiger partial charge in [-0.15, -0.1) is 0 Å². The first kappa shape index (κ1) is 18.2. The summed E-state index contributed by atoms with van der Waals surface area (Å²) in [5.41, 5.74) is 8.53. The molecule has 0 fully saturated rings. The molecule has 0 spiro atoms. The number of aromatic nitrogens is 1. The highest BCUT2D eigenvalue weighted by molar-refractivity contribution is 7.80. The minimum Gasteiger partial charge on any atom is -0.341 e. The summed E-state index contributed by atoms with van der Waals surface area (Å²) in [6, 6.07) is 22.9. The number of thiocarbonyl (C=S) groups is 1. The smallest absolute Gasteiger partial charge is 0.191 e. The minimum absolute atomic E-state index is 0.467. The number of para-hydroxylation sites is 2. The third-order valence-electron chi connectivity index (χ3n) is 4.89. The van der Waals surface area contributed by atoms with Crippen LogP contribution in [0, 0.1) is 6.92 Å². The van der Waals surface area contributed by atoms with Gasteiger partial charge in [0.25, 0.3) is 0 Å². The van der Waals surface area contributed by atoms with Crippen LogP contribution in [0.5, 0.6) is 0 Å². The Morgan fingerprint density at radius 2 is 1.75 bits per heavy atom. The Labute approximate surface area is 169 Å². The van der Waals surface area contributed by atoms with Crippen LogP contribution in [0.25, 0.3) is 21.8 Å². The van der Waals surface area contributed by atoms with E-state index in [0.29, 0.717) is 5.11 Å². The number of aryl methyl sites for hydroxylation is 2. The Hall–Kier alpha value is -3.18. The van der Waals surface area contributed by atoms with Gasteiger partial charge in [0.15, 0.2) is 5.11 Å². The quantitative estimate of drug-likeness (QED) is 0.279. The van der Waals surface area contributed by atoms with Crippen molar-refractivity contribution < 1.29 is 0 Å². The summed E-state index contributed by atoms with van der Waals surface area (Å²) in [4.78, 5) is 0. The van der Waals surface area contributed by atoms with E-state index < -0.39 is 0 Å². The van der Waals surface area contributed by atoms with E-state index in [1.165, 1.54) is 21.8 Å². The van der Waals surface area contributed by atoms with Crippen molar-refractivity contribution in [2.75, 3.05) is 5.32 Å². The highest BCUT2D eigenvalue weighted by atomic mass is 32.1. The minimum atomic E-state index is 0.467. The van der Waals surface area contributed by atoms with Gasteiger partial charge in [-0.25, -0.2) is 0 Å². The summed E-state index contributed by atoms with van der Waals surface area (Å²) in [5.74, 6) is 0. The molecule has 28 heavy (non-hydrogen) atoms. The van der Waals surface area contributed by atoms with Crippen molar-refractivity contribution in [3.63, 3.8) is 0 Å². The average molecular weight is 387 g/mol. The number of nitrogens with one attached hydrogen (secondary N) is 2. The van der Waals surface area contributed by atoms with E-state index in [2.05, 4.69) is 69.8 Å². The predicted molar refractivity (Wildman–Crippen MR) is 123 cm³/mol. The number of hydrogen-bond donors (Lipinski definition) is 2. The zero-order valence-electron chi connectivity index (χ0n) is 15.9. The molecular weight excluding hydrogens is 364 g/mol. The molecule has 3 aromatic carbocycles. The zero-order valence-corrected chi connectivity index (χ0v) is 16.8. The molecule has 0 aliphatic carbocycles. The first-order valence-corrected chi connectivity index (χ1v) is 9.75. The summed E-state index contributed by atoms with van der Waals surface area (Å²) in [6.45, 7) is 5.15. The van der Waals surface area contributed by atoms with Crippen LogP contribution in [-0.2, 0) is 6.54 Å². The molecule has 0 atom stereocenters. The number of anilines is 1. The Morgan fingerprint density at radius 3 is 2.57 bits per heavy atom. The molecule has 2 N–H and O–H groups in total. The molecule has 0 radical (unpaired) electrons. The summed E-state index contributed by atoms with van der Waals surface area (Å²) in [5, 5.41) is 10.4. The van der Waals surface area contributed by atoms with Crippen molar-refractivity contribution in [2.45, 2.75) is 20.4 Å². The molecule has 0 saturated carbocycles. The number of benzene rings is 3. The van der Waals surface area contributed by atoms with Gasteiger partial charge in [-0.1, -0.05) is 42.5 Å². The van der Waals surface area contributed by atoms with Crippen molar-refractivity contribution in [1.82, 2.24) is 9.99 Å². The van der Waals surface area contributed by atoms with Gasteiger partial charge in [0.1, 0.15) is 0 Å². The lowest BCUT2D eigenvalue weighted by atomic mass is 10.1. The molecule has 1 heterocycles. The van der Waals surface area contributed by atoms with E-state index in [-0.39, 0.29) is 0 Å². The van der Waals surface area contributed by atoms with Crippen LogP contribution in [0.1, 0.15) is 18.1 Å². The second-order valence-electron chi connectivity index (χ2n) is 6.68. The Balaban J connectivity index is 1.54. The molecule has 0 bridgehead atoms. The molecule has 140 valence electrons. The second-order valence-corrected chi connectivity index (χ2v) is 7.09. The Bertz CT molecular complexity index is 1190. The van der Waals surface area contributed by atoms with Crippen molar-refractivity contribution >= 4 is 51.0 Å². The molecule has 0 amide bonds. The van der Waals surface area contributed by atoms with Crippen molar-refractivity contribution in [3.8, 4) is 0 Å². The molecule has 4 aromatic rings. The maximum Gasteiger partial charge on any atom is 0.191 e. The van der Waals surface area contributed by atoms with Gasteiger partial charge in [0.2, 0.25) is 0 Å². The van der Waals surface area contributed by atoms with Gasteiger partial charge in [-0.05, 0) is 61.5 Å². The average Bonchev–Trinajstić information content (AvgIpc) is 3.03. The van der Waals surface area contributed by atoms with E-state index in [1.807, 2.05) is 31.2 Å². The van der Waals surface area contributed by atoms with Crippen LogP contribution in [0.3, 0.4) is 0 Å². The highest BCUT2D eigenvalue weighted by Crippen LogP contribution is 2.29. The van der Waals surface area contributed by atoms with Gasteiger partial charge in [0.05, 0.1) is 6.21 Å². The van der Waals surface area contributed by atoms with Crippen LogP contribution in [0.2, 0.25) is 0 Å². The molecule has 4 rings (SSSR count). The van der Waals surface area contributed by atoms with E-state index in [0.717, 1.165) is 23.4 Å². The van der Waals surface area contributed by atoms with Crippen molar-refractivity contribution in [1.29, 1.82) is 0 Å². The van der Waals surface area contributed by atoms with E-state index in [1.54, 1.807) is 6.21 Å². The maximum absolute atomic E-state index is 5.33. The molecule has 1 aromatic heterocycles.